The molecule has 17 heavy (non-hydrogen) atoms. The summed E-state index contributed by atoms with van der Waals surface area (Å²) in [6.07, 6.45) is 0. The van der Waals surface area contributed by atoms with Crippen LogP contribution >= 0.6 is 0 Å². The molecule has 0 saturated heterocycles. The van der Waals surface area contributed by atoms with Gasteiger partial charge in [-0.1, -0.05) is 13.8 Å². The number of rotatable bonds is 6. The highest BCUT2D eigenvalue weighted by Gasteiger charge is 2.40. The lowest BCUT2D eigenvalue weighted by atomic mass is 10.2. The average Bonchev–Trinajstić information content (AvgIpc) is 2.16. The van der Waals surface area contributed by atoms with E-state index in [0.717, 1.165) is 12.1 Å². The van der Waals surface area contributed by atoms with Gasteiger partial charge in [0.25, 0.3) is 0 Å². The van der Waals surface area contributed by atoms with Crippen LogP contribution in [0.1, 0.15) is 55.4 Å². The van der Waals surface area contributed by atoms with E-state index in [9.17, 15) is 0 Å². The van der Waals surface area contributed by atoms with Crippen molar-refractivity contribution < 1.29 is 18.9 Å². The minimum absolute atomic E-state index is 0.340. The topological polar surface area (TPSA) is 36.9 Å². The fraction of sp³-hybridized carbons (Fsp3) is 1.00. The summed E-state index contributed by atoms with van der Waals surface area (Å²) in [5, 5.41) is 0. The van der Waals surface area contributed by atoms with E-state index in [1.54, 1.807) is 0 Å². The van der Waals surface area contributed by atoms with Gasteiger partial charge in [0, 0.05) is 0 Å². The highest BCUT2D eigenvalue weighted by atomic mass is 28.4. The Morgan fingerprint density at radius 1 is 0.706 bits per heavy atom. The maximum atomic E-state index is 5.58. The van der Waals surface area contributed by atoms with Crippen molar-refractivity contribution in [2.75, 3.05) is 0 Å². The molecule has 0 aromatic heterocycles. The molecule has 0 radical (unpaired) electrons. The zero-order chi connectivity index (χ0) is 13.7. The van der Waals surface area contributed by atoms with Crippen LogP contribution in [-0.2, 0) is 18.9 Å². The van der Waals surface area contributed by atoms with Gasteiger partial charge in [-0.05, 0) is 53.6 Å². The van der Waals surface area contributed by atoms with Crippen molar-refractivity contribution in [3.63, 3.8) is 0 Å². The van der Waals surface area contributed by atoms with Crippen molar-refractivity contribution in [2.24, 2.45) is 0 Å². The lowest BCUT2D eigenvalue weighted by Gasteiger charge is -2.32. The second kappa shape index (κ2) is 6.29. The first kappa shape index (κ1) is 17.1. The van der Waals surface area contributed by atoms with Gasteiger partial charge in [0.1, 0.15) is 0 Å². The van der Waals surface area contributed by atoms with Gasteiger partial charge in [0.2, 0.25) is 0 Å². The Morgan fingerprint density at radius 2 is 1.00 bits per heavy atom. The van der Waals surface area contributed by atoms with Crippen LogP contribution < -0.4 is 0 Å². The highest BCUT2D eigenvalue weighted by molar-refractivity contribution is 6.66. The molecule has 104 valence electrons. The van der Waals surface area contributed by atoms with Crippen molar-refractivity contribution in [2.45, 2.75) is 78.7 Å². The average molecular weight is 264 g/mol. The van der Waals surface area contributed by atoms with Crippen molar-refractivity contribution in [1.82, 2.24) is 0 Å². The van der Waals surface area contributed by atoms with Gasteiger partial charge in [0.15, 0.2) is 0 Å². The molecule has 0 aliphatic rings. The van der Waals surface area contributed by atoms with Crippen LogP contribution in [0.4, 0.5) is 0 Å². The monoisotopic (exact) mass is 264 g/mol. The van der Waals surface area contributed by atoms with E-state index in [-0.39, 0.29) is 11.2 Å². The van der Waals surface area contributed by atoms with Gasteiger partial charge in [-0.25, -0.2) is 18.9 Å². The summed E-state index contributed by atoms with van der Waals surface area (Å²) in [7, 11) is -2.41. The number of hydrogen-bond acceptors (Lipinski definition) is 4. The van der Waals surface area contributed by atoms with E-state index >= 15 is 0 Å². The maximum absolute atomic E-state index is 5.58. The summed E-state index contributed by atoms with van der Waals surface area (Å²) in [6.45, 7) is 15.8. The second-order valence-corrected chi connectivity index (χ2v) is 9.74. The van der Waals surface area contributed by atoms with Crippen LogP contribution in [0.25, 0.3) is 0 Å². The Labute approximate surface area is 107 Å². The third kappa shape index (κ3) is 7.89. The van der Waals surface area contributed by atoms with Crippen molar-refractivity contribution in [3.8, 4) is 0 Å². The third-order valence-corrected chi connectivity index (χ3v) is 4.89. The molecule has 0 rings (SSSR count). The Balaban J connectivity index is 4.46. The third-order valence-electron chi connectivity index (χ3n) is 1.96. The summed E-state index contributed by atoms with van der Waals surface area (Å²) < 4.78 is 11.2. The van der Waals surface area contributed by atoms with Gasteiger partial charge in [-0.2, -0.15) is 0 Å². The van der Waals surface area contributed by atoms with Crippen LogP contribution in [0.3, 0.4) is 0 Å². The minimum Gasteiger partial charge on any atom is -0.248 e. The molecule has 5 heteroatoms. The first-order valence-electron chi connectivity index (χ1n) is 6.27. The molecule has 0 spiro atoms. The molecule has 0 aliphatic heterocycles. The van der Waals surface area contributed by atoms with E-state index in [4.69, 9.17) is 18.9 Å². The SMILES string of the molecule is CC[Si](CC)(OOC(C)(C)C)OOC(C)(C)C. The molecule has 0 N–H and O–H groups in total. The molecule has 0 atom stereocenters. The Morgan fingerprint density at radius 3 is 1.18 bits per heavy atom. The summed E-state index contributed by atoms with van der Waals surface area (Å²) in [5.74, 6) is 0. The lowest BCUT2D eigenvalue weighted by molar-refractivity contribution is -0.349. The quantitative estimate of drug-likeness (QED) is 0.413. The van der Waals surface area contributed by atoms with Crippen molar-refractivity contribution in [3.05, 3.63) is 0 Å². The summed E-state index contributed by atoms with van der Waals surface area (Å²) >= 11 is 0. The fourth-order valence-corrected chi connectivity index (χ4v) is 2.70. The summed E-state index contributed by atoms with van der Waals surface area (Å²) in [4.78, 5) is 10.8. The van der Waals surface area contributed by atoms with Crippen molar-refractivity contribution >= 4 is 8.56 Å². The molecule has 0 heterocycles. The predicted octanol–water partition coefficient (Wildman–Crippen LogP) is 3.96. The van der Waals surface area contributed by atoms with E-state index < -0.39 is 8.56 Å². The smallest absolute Gasteiger partial charge is 0.248 e. The molecule has 0 aromatic carbocycles. The maximum Gasteiger partial charge on any atom is 0.409 e. The zero-order valence-corrected chi connectivity index (χ0v) is 13.5. The molecule has 0 fully saturated rings. The molecule has 0 bridgehead atoms. The molecule has 0 saturated carbocycles. The Bertz CT molecular complexity index is 194. The van der Waals surface area contributed by atoms with Gasteiger partial charge < -0.3 is 0 Å². The minimum atomic E-state index is -2.41. The Hall–Kier alpha value is 0.0569. The first-order chi connectivity index (χ1) is 7.54. The van der Waals surface area contributed by atoms with Crippen LogP contribution in [0, 0.1) is 0 Å². The normalized spacial score (nSPS) is 14.1. The highest BCUT2D eigenvalue weighted by Crippen LogP contribution is 2.24. The molecule has 4 nitrogen and oxygen atoms in total. The molecular formula is C12H28O4Si. The van der Waals surface area contributed by atoms with Crippen LogP contribution in [0.5, 0.6) is 0 Å². The molecule has 0 amide bonds. The Kier molecular flexibility index (Phi) is 6.31. The molecule has 0 unspecified atom stereocenters. The summed E-state index contributed by atoms with van der Waals surface area (Å²) in [6, 6.07) is 1.57. The standard InChI is InChI=1S/C12H28O4Si/c1-9-17(10-2,15-13-11(3,4)5)16-14-12(6,7)8/h9-10H2,1-8H3. The number of hydrogen-bond donors (Lipinski definition) is 0. The predicted molar refractivity (Wildman–Crippen MR) is 70.6 cm³/mol. The van der Waals surface area contributed by atoms with E-state index in [0.29, 0.717) is 0 Å². The second-order valence-electron chi connectivity index (χ2n) is 6.18. The van der Waals surface area contributed by atoms with Gasteiger partial charge in [-0.15, -0.1) is 0 Å². The van der Waals surface area contributed by atoms with E-state index in [1.165, 1.54) is 0 Å². The van der Waals surface area contributed by atoms with Gasteiger partial charge in [-0.3, -0.25) is 0 Å². The molecule has 0 aromatic rings. The van der Waals surface area contributed by atoms with Crippen molar-refractivity contribution in [1.29, 1.82) is 0 Å². The largest absolute Gasteiger partial charge is 0.409 e. The van der Waals surface area contributed by atoms with Crippen LogP contribution in [0.15, 0.2) is 0 Å². The molecule has 0 aliphatic carbocycles. The fourth-order valence-electron chi connectivity index (χ4n) is 0.901. The lowest BCUT2D eigenvalue weighted by Crippen LogP contribution is -2.44. The van der Waals surface area contributed by atoms with Gasteiger partial charge >= 0.3 is 8.56 Å². The van der Waals surface area contributed by atoms with Crippen LogP contribution in [0.2, 0.25) is 12.1 Å². The summed E-state index contributed by atoms with van der Waals surface area (Å²) in [5.41, 5.74) is -0.679. The first-order valence-corrected chi connectivity index (χ1v) is 8.50. The molecular weight excluding hydrogens is 236 g/mol. The van der Waals surface area contributed by atoms with E-state index in [2.05, 4.69) is 0 Å². The zero-order valence-electron chi connectivity index (χ0n) is 12.5. The van der Waals surface area contributed by atoms with Gasteiger partial charge in [0.05, 0.1) is 11.2 Å². The van der Waals surface area contributed by atoms with Crippen LogP contribution in [-0.4, -0.2) is 19.8 Å². The van der Waals surface area contributed by atoms with E-state index in [1.807, 2.05) is 55.4 Å².